The van der Waals surface area contributed by atoms with E-state index in [0.29, 0.717) is 5.13 Å². The third-order valence-corrected chi connectivity index (χ3v) is 5.27. The number of thiazole rings is 1. The van der Waals surface area contributed by atoms with Crippen LogP contribution in [0, 0.1) is 6.92 Å². The number of hydrogen-bond acceptors (Lipinski definition) is 4. The van der Waals surface area contributed by atoms with Crippen LogP contribution in [0.15, 0.2) is 41.8 Å². The van der Waals surface area contributed by atoms with Crippen LogP contribution in [0.2, 0.25) is 0 Å². The first kappa shape index (κ1) is 15.7. The summed E-state index contributed by atoms with van der Waals surface area (Å²) in [6.45, 7) is 4.13. The molecule has 0 bridgehead atoms. The Morgan fingerprint density at radius 2 is 2.09 bits per heavy atom. The zero-order valence-electron chi connectivity index (χ0n) is 12.9. The standard InChI is InChI=1S/C17H17N3OS2/c1-3-13-7-8-15(23-13)14-10-22-17(19-14)20-16(21)18-12-6-4-5-11(2)9-12/h4-10H,3H2,1-2H3,(H2,18,19,20,21). The van der Waals surface area contributed by atoms with E-state index in [4.69, 9.17) is 0 Å². The summed E-state index contributed by atoms with van der Waals surface area (Å²) in [5.41, 5.74) is 2.78. The minimum atomic E-state index is -0.281. The summed E-state index contributed by atoms with van der Waals surface area (Å²) < 4.78 is 0. The van der Waals surface area contributed by atoms with Gasteiger partial charge in [-0.1, -0.05) is 19.1 Å². The number of rotatable bonds is 4. The fraction of sp³-hybridized carbons (Fsp3) is 0.176. The van der Waals surface area contributed by atoms with E-state index in [9.17, 15) is 4.79 Å². The van der Waals surface area contributed by atoms with Crippen molar-refractivity contribution in [1.29, 1.82) is 0 Å². The second kappa shape index (κ2) is 6.93. The minimum Gasteiger partial charge on any atom is -0.308 e. The summed E-state index contributed by atoms with van der Waals surface area (Å²) in [7, 11) is 0. The molecule has 3 rings (SSSR count). The third-order valence-electron chi connectivity index (χ3n) is 3.26. The van der Waals surface area contributed by atoms with Gasteiger partial charge in [0.05, 0.1) is 10.6 Å². The van der Waals surface area contributed by atoms with E-state index >= 15 is 0 Å². The maximum absolute atomic E-state index is 12.0. The van der Waals surface area contributed by atoms with Crippen molar-refractivity contribution in [2.45, 2.75) is 20.3 Å². The van der Waals surface area contributed by atoms with Crippen LogP contribution in [-0.4, -0.2) is 11.0 Å². The lowest BCUT2D eigenvalue weighted by atomic mass is 10.2. The number of urea groups is 1. The summed E-state index contributed by atoms with van der Waals surface area (Å²) in [6, 6.07) is 11.6. The lowest BCUT2D eigenvalue weighted by Gasteiger charge is -2.05. The number of nitrogens with one attached hydrogen (secondary N) is 2. The van der Waals surface area contributed by atoms with E-state index in [-0.39, 0.29) is 6.03 Å². The Labute approximate surface area is 143 Å². The zero-order valence-corrected chi connectivity index (χ0v) is 14.6. The molecule has 2 aromatic heterocycles. The van der Waals surface area contributed by atoms with Gasteiger partial charge >= 0.3 is 6.03 Å². The Hall–Kier alpha value is -2.18. The van der Waals surface area contributed by atoms with E-state index < -0.39 is 0 Å². The van der Waals surface area contributed by atoms with Gasteiger partial charge in [-0.15, -0.1) is 22.7 Å². The number of carbonyl (C=O) groups excluding carboxylic acids is 1. The van der Waals surface area contributed by atoms with Crippen molar-refractivity contribution < 1.29 is 4.79 Å². The number of anilines is 2. The fourth-order valence-electron chi connectivity index (χ4n) is 2.13. The summed E-state index contributed by atoms with van der Waals surface area (Å²) in [4.78, 5) is 19.0. The highest BCUT2D eigenvalue weighted by Gasteiger charge is 2.10. The van der Waals surface area contributed by atoms with Gasteiger partial charge in [0.2, 0.25) is 0 Å². The fourth-order valence-corrected chi connectivity index (χ4v) is 3.82. The topological polar surface area (TPSA) is 54.0 Å². The average Bonchev–Trinajstić information content (AvgIpc) is 3.15. The molecule has 0 atom stereocenters. The lowest BCUT2D eigenvalue weighted by molar-refractivity contribution is 0.262. The molecule has 0 saturated carbocycles. The summed E-state index contributed by atoms with van der Waals surface area (Å²) >= 11 is 3.17. The molecule has 1 aromatic carbocycles. The number of nitrogens with zero attached hydrogens (tertiary/aromatic N) is 1. The second-order valence-corrected chi connectivity index (χ2v) is 7.13. The number of benzene rings is 1. The molecule has 0 saturated heterocycles. The maximum atomic E-state index is 12.0. The molecular weight excluding hydrogens is 326 g/mol. The highest BCUT2D eigenvalue weighted by molar-refractivity contribution is 7.17. The molecule has 0 fully saturated rings. The van der Waals surface area contributed by atoms with Crippen molar-refractivity contribution in [3.05, 3.63) is 52.2 Å². The smallest absolute Gasteiger partial charge is 0.308 e. The molecular formula is C17H17N3OS2. The summed E-state index contributed by atoms with van der Waals surface area (Å²) in [5, 5.41) is 8.16. The highest BCUT2D eigenvalue weighted by atomic mass is 32.1. The first-order valence-corrected chi connectivity index (χ1v) is 9.03. The number of carbonyl (C=O) groups is 1. The summed E-state index contributed by atoms with van der Waals surface area (Å²) in [6.07, 6.45) is 1.03. The van der Waals surface area contributed by atoms with Crippen LogP contribution in [0.1, 0.15) is 17.4 Å². The Kier molecular flexibility index (Phi) is 4.73. The van der Waals surface area contributed by atoms with Gasteiger partial charge in [-0.25, -0.2) is 9.78 Å². The number of hydrogen-bond donors (Lipinski definition) is 2. The van der Waals surface area contributed by atoms with Gasteiger partial charge in [0.25, 0.3) is 0 Å². The first-order valence-electron chi connectivity index (χ1n) is 7.33. The molecule has 0 unspecified atom stereocenters. The molecule has 23 heavy (non-hydrogen) atoms. The average molecular weight is 343 g/mol. The van der Waals surface area contributed by atoms with Gasteiger partial charge in [0.15, 0.2) is 5.13 Å². The van der Waals surface area contributed by atoms with Gasteiger partial charge in [-0.3, -0.25) is 5.32 Å². The molecule has 2 heterocycles. The molecule has 118 valence electrons. The Bertz CT molecular complexity index is 823. The first-order chi connectivity index (χ1) is 11.1. The van der Waals surface area contributed by atoms with Gasteiger partial charge in [0, 0.05) is 15.9 Å². The molecule has 0 aliphatic carbocycles. The molecule has 0 aliphatic heterocycles. The molecule has 2 amide bonds. The van der Waals surface area contributed by atoms with E-state index in [1.165, 1.54) is 16.2 Å². The van der Waals surface area contributed by atoms with Crippen LogP contribution in [0.5, 0.6) is 0 Å². The molecule has 6 heteroatoms. The van der Waals surface area contributed by atoms with Crippen molar-refractivity contribution in [3.63, 3.8) is 0 Å². The molecule has 2 N–H and O–H groups in total. The SMILES string of the molecule is CCc1ccc(-c2csc(NC(=O)Nc3cccc(C)c3)n2)s1. The van der Waals surface area contributed by atoms with Crippen LogP contribution in [0.25, 0.3) is 10.6 Å². The van der Waals surface area contributed by atoms with Crippen molar-refractivity contribution in [2.24, 2.45) is 0 Å². The van der Waals surface area contributed by atoms with E-state index in [1.807, 2.05) is 36.6 Å². The largest absolute Gasteiger partial charge is 0.325 e. The lowest BCUT2D eigenvalue weighted by Crippen LogP contribution is -2.19. The number of aromatic nitrogens is 1. The molecule has 4 nitrogen and oxygen atoms in total. The van der Waals surface area contributed by atoms with Gasteiger partial charge in [-0.2, -0.15) is 0 Å². The molecule has 0 radical (unpaired) electrons. The number of thiophene rings is 1. The number of aryl methyl sites for hydroxylation is 2. The van der Waals surface area contributed by atoms with Gasteiger partial charge < -0.3 is 5.32 Å². The third kappa shape index (κ3) is 3.97. The quantitative estimate of drug-likeness (QED) is 0.667. The predicted molar refractivity (Wildman–Crippen MR) is 98.6 cm³/mol. The molecule has 0 spiro atoms. The molecule has 3 aromatic rings. The molecule has 0 aliphatic rings. The van der Waals surface area contributed by atoms with Crippen molar-refractivity contribution in [1.82, 2.24) is 4.98 Å². The normalized spacial score (nSPS) is 10.5. The van der Waals surface area contributed by atoms with Crippen LogP contribution in [0.3, 0.4) is 0 Å². The van der Waals surface area contributed by atoms with Crippen LogP contribution in [-0.2, 0) is 6.42 Å². The van der Waals surface area contributed by atoms with Crippen molar-refractivity contribution in [2.75, 3.05) is 10.6 Å². The van der Waals surface area contributed by atoms with E-state index in [2.05, 4.69) is 34.7 Å². The second-order valence-electron chi connectivity index (χ2n) is 5.11. The van der Waals surface area contributed by atoms with Crippen LogP contribution < -0.4 is 10.6 Å². The Morgan fingerprint density at radius 1 is 1.22 bits per heavy atom. The Morgan fingerprint density at radius 3 is 2.83 bits per heavy atom. The highest BCUT2D eigenvalue weighted by Crippen LogP contribution is 2.31. The summed E-state index contributed by atoms with van der Waals surface area (Å²) in [5.74, 6) is 0. The van der Waals surface area contributed by atoms with Gasteiger partial charge in [-0.05, 0) is 43.2 Å². The Balaban J connectivity index is 1.65. The van der Waals surface area contributed by atoms with Crippen molar-refractivity contribution in [3.8, 4) is 10.6 Å². The van der Waals surface area contributed by atoms with Gasteiger partial charge in [0.1, 0.15) is 0 Å². The van der Waals surface area contributed by atoms with E-state index in [1.54, 1.807) is 11.3 Å². The van der Waals surface area contributed by atoms with Crippen LogP contribution >= 0.6 is 22.7 Å². The zero-order chi connectivity index (χ0) is 16.2. The maximum Gasteiger partial charge on any atom is 0.325 e. The number of amides is 2. The predicted octanol–water partition coefficient (Wildman–Crippen LogP) is 5.39. The minimum absolute atomic E-state index is 0.281. The monoisotopic (exact) mass is 343 g/mol. The van der Waals surface area contributed by atoms with Crippen molar-refractivity contribution >= 4 is 39.5 Å². The van der Waals surface area contributed by atoms with E-state index in [0.717, 1.165) is 28.2 Å². The van der Waals surface area contributed by atoms with Crippen LogP contribution in [0.4, 0.5) is 15.6 Å².